The molecule has 0 saturated heterocycles. The van der Waals surface area contributed by atoms with Gasteiger partial charge in [0.05, 0.1) is 26.8 Å². The molecule has 0 aliphatic rings. The third-order valence-electron chi connectivity index (χ3n) is 5.71. The molecule has 194 valence electrons. The highest BCUT2D eigenvalue weighted by molar-refractivity contribution is 7.94. The smallest absolute Gasteiger partial charge is 0.262 e. The maximum Gasteiger partial charge on any atom is 0.262 e. The Hall–Kier alpha value is -3.53. The molecule has 4 rings (SSSR count). The lowest BCUT2D eigenvalue weighted by Crippen LogP contribution is -2.27. The minimum Gasteiger partial charge on any atom is -0.497 e. The summed E-state index contributed by atoms with van der Waals surface area (Å²) in [5.74, 6) is 2.14. The van der Waals surface area contributed by atoms with Crippen LogP contribution in [-0.4, -0.2) is 50.5 Å². The van der Waals surface area contributed by atoms with E-state index in [1.807, 2.05) is 42.5 Å². The predicted octanol–water partition coefficient (Wildman–Crippen LogP) is 5.30. The molecule has 8 nitrogen and oxygen atoms in total. The van der Waals surface area contributed by atoms with Crippen LogP contribution < -0.4 is 25.1 Å². The van der Waals surface area contributed by atoms with Crippen molar-refractivity contribution < 1.29 is 18.4 Å². The summed E-state index contributed by atoms with van der Waals surface area (Å²) in [6, 6.07) is 17.6. The van der Waals surface area contributed by atoms with Gasteiger partial charge in [0.25, 0.3) is 5.56 Å². The molecule has 0 aliphatic carbocycles. The van der Waals surface area contributed by atoms with E-state index in [0.29, 0.717) is 40.9 Å². The van der Waals surface area contributed by atoms with Crippen molar-refractivity contribution in [1.82, 2.24) is 15.3 Å². The summed E-state index contributed by atoms with van der Waals surface area (Å²) in [4.78, 5) is 21.7. The van der Waals surface area contributed by atoms with Crippen molar-refractivity contribution in [1.29, 1.82) is 0 Å². The number of rotatable bonds is 11. The van der Waals surface area contributed by atoms with E-state index in [0.717, 1.165) is 33.9 Å². The van der Waals surface area contributed by atoms with Crippen molar-refractivity contribution in [3.63, 3.8) is 0 Å². The molecule has 0 saturated carbocycles. The maximum atomic E-state index is 13.0. The summed E-state index contributed by atoms with van der Waals surface area (Å²) in [7, 11) is 4.72. The molecule has 0 radical (unpaired) electrons. The Morgan fingerprint density at radius 2 is 1.70 bits per heavy atom. The van der Waals surface area contributed by atoms with E-state index < -0.39 is 0 Å². The predicted molar refractivity (Wildman–Crippen MR) is 148 cm³/mol. The van der Waals surface area contributed by atoms with Gasteiger partial charge < -0.3 is 28.7 Å². The van der Waals surface area contributed by atoms with Crippen LogP contribution in [0.3, 0.4) is 0 Å². The van der Waals surface area contributed by atoms with E-state index in [1.165, 1.54) is 19.2 Å². The SMILES string of the molecule is COSc1ccc(-c2cc(-c3nc4cc(OC)cc(OC)c4c(=O)[nH]3)ccc2OCCNC(C)C)cc1. The molecule has 3 aromatic carbocycles. The molecular weight excluding hydrogens is 490 g/mol. The first-order chi connectivity index (χ1) is 17.9. The first-order valence-corrected chi connectivity index (χ1v) is 12.7. The Bertz CT molecular complexity index is 1420. The zero-order chi connectivity index (χ0) is 26.4. The van der Waals surface area contributed by atoms with Crippen molar-refractivity contribution in [3.8, 4) is 39.8 Å². The Balaban J connectivity index is 1.77. The zero-order valence-corrected chi connectivity index (χ0v) is 22.4. The lowest BCUT2D eigenvalue weighted by atomic mass is 10.0. The second kappa shape index (κ2) is 12.1. The number of aromatic nitrogens is 2. The number of methoxy groups -OCH3 is 2. The van der Waals surface area contributed by atoms with Gasteiger partial charge in [0.1, 0.15) is 35.1 Å². The number of nitrogens with zero attached hydrogens (tertiary/aromatic N) is 1. The van der Waals surface area contributed by atoms with E-state index in [4.69, 9.17) is 23.4 Å². The van der Waals surface area contributed by atoms with E-state index in [1.54, 1.807) is 26.4 Å². The van der Waals surface area contributed by atoms with E-state index >= 15 is 0 Å². The molecule has 9 heteroatoms. The second-order valence-corrected chi connectivity index (χ2v) is 9.55. The van der Waals surface area contributed by atoms with Gasteiger partial charge in [-0.3, -0.25) is 4.79 Å². The van der Waals surface area contributed by atoms with Crippen molar-refractivity contribution in [2.24, 2.45) is 0 Å². The summed E-state index contributed by atoms with van der Waals surface area (Å²) >= 11 is 1.30. The number of H-pyrrole nitrogens is 1. The highest BCUT2D eigenvalue weighted by atomic mass is 32.2. The molecular formula is C28H31N3O5S. The van der Waals surface area contributed by atoms with Gasteiger partial charge in [-0.1, -0.05) is 26.0 Å². The monoisotopic (exact) mass is 521 g/mol. The highest BCUT2D eigenvalue weighted by Crippen LogP contribution is 2.35. The zero-order valence-electron chi connectivity index (χ0n) is 21.6. The van der Waals surface area contributed by atoms with E-state index in [2.05, 4.69) is 24.1 Å². The first-order valence-electron chi connectivity index (χ1n) is 11.9. The molecule has 0 amide bonds. The Labute approximate surface area is 220 Å². The van der Waals surface area contributed by atoms with Gasteiger partial charge in [0.2, 0.25) is 0 Å². The van der Waals surface area contributed by atoms with E-state index in [-0.39, 0.29) is 5.56 Å². The van der Waals surface area contributed by atoms with Crippen molar-refractivity contribution >= 4 is 22.9 Å². The Kier molecular flexibility index (Phi) is 8.70. The van der Waals surface area contributed by atoms with Gasteiger partial charge in [0.15, 0.2) is 0 Å². The summed E-state index contributed by atoms with van der Waals surface area (Å²) in [6.45, 7) is 5.45. The van der Waals surface area contributed by atoms with Crippen molar-refractivity contribution in [3.05, 3.63) is 65.0 Å². The standard InChI is InChI=1S/C28H31N3O5S/c1-17(2)29-12-13-36-24-11-8-19(14-22(24)18-6-9-21(10-7-18)37-35-5)27-30-23-15-20(33-3)16-25(34-4)26(23)28(32)31-27/h6-11,14-17,29H,12-13H2,1-5H3,(H,30,31,32). The van der Waals surface area contributed by atoms with Crippen molar-refractivity contribution in [2.45, 2.75) is 24.8 Å². The first kappa shape index (κ1) is 26.5. The number of fused-ring (bicyclic) bond motifs is 1. The molecule has 4 aromatic rings. The van der Waals surface area contributed by atoms with Crippen LogP contribution in [0.5, 0.6) is 17.2 Å². The average molecular weight is 522 g/mol. The molecule has 0 fully saturated rings. The van der Waals surface area contributed by atoms with Gasteiger partial charge in [-0.15, -0.1) is 0 Å². The van der Waals surface area contributed by atoms with Crippen LogP contribution in [0.15, 0.2) is 64.3 Å². The lowest BCUT2D eigenvalue weighted by Gasteiger charge is -2.15. The number of aromatic amines is 1. The summed E-state index contributed by atoms with van der Waals surface area (Å²) in [5, 5.41) is 3.74. The summed E-state index contributed by atoms with van der Waals surface area (Å²) < 4.78 is 22.1. The number of nitrogens with one attached hydrogen (secondary N) is 2. The summed E-state index contributed by atoms with van der Waals surface area (Å²) in [5.41, 5.74) is 2.81. The van der Waals surface area contributed by atoms with Gasteiger partial charge >= 0.3 is 0 Å². The van der Waals surface area contributed by atoms with Crippen LogP contribution in [0.1, 0.15) is 13.8 Å². The Morgan fingerprint density at radius 1 is 0.946 bits per heavy atom. The molecule has 0 bridgehead atoms. The Morgan fingerprint density at radius 3 is 2.38 bits per heavy atom. The fourth-order valence-electron chi connectivity index (χ4n) is 3.95. The quantitative estimate of drug-likeness (QED) is 0.203. The number of ether oxygens (including phenoxy) is 3. The van der Waals surface area contributed by atoms with Crippen LogP contribution in [0.2, 0.25) is 0 Å². The molecule has 0 spiro atoms. The number of hydrogen-bond acceptors (Lipinski definition) is 8. The molecule has 0 aliphatic heterocycles. The van der Waals surface area contributed by atoms with Gasteiger partial charge in [-0.2, -0.15) is 0 Å². The van der Waals surface area contributed by atoms with Gasteiger partial charge in [0, 0.05) is 52.8 Å². The molecule has 1 heterocycles. The van der Waals surface area contributed by atoms with Crippen LogP contribution in [-0.2, 0) is 4.18 Å². The van der Waals surface area contributed by atoms with Crippen LogP contribution in [0.4, 0.5) is 0 Å². The van der Waals surface area contributed by atoms with Crippen LogP contribution in [0.25, 0.3) is 33.4 Å². The third kappa shape index (κ3) is 6.25. The minimum atomic E-state index is -0.290. The molecule has 37 heavy (non-hydrogen) atoms. The molecule has 2 N–H and O–H groups in total. The highest BCUT2D eigenvalue weighted by Gasteiger charge is 2.15. The average Bonchev–Trinajstić information content (AvgIpc) is 2.90. The third-order valence-corrected chi connectivity index (χ3v) is 6.34. The number of benzene rings is 3. The van der Waals surface area contributed by atoms with Gasteiger partial charge in [-0.05, 0) is 35.9 Å². The normalized spacial score (nSPS) is 11.2. The molecule has 0 atom stereocenters. The maximum absolute atomic E-state index is 13.0. The van der Waals surface area contributed by atoms with Crippen LogP contribution >= 0.6 is 12.0 Å². The largest absolute Gasteiger partial charge is 0.497 e. The minimum absolute atomic E-state index is 0.290. The topological polar surface area (TPSA) is 94.7 Å². The molecule has 1 aromatic heterocycles. The lowest BCUT2D eigenvalue weighted by molar-refractivity contribution is 0.310. The fraction of sp³-hybridized carbons (Fsp3) is 0.286. The fourth-order valence-corrected chi connectivity index (χ4v) is 4.39. The summed E-state index contributed by atoms with van der Waals surface area (Å²) in [6.07, 6.45) is 0. The van der Waals surface area contributed by atoms with Crippen molar-refractivity contribution in [2.75, 3.05) is 34.5 Å². The number of hydrogen-bond donors (Lipinski definition) is 2. The second-order valence-electron chi connectivity index (χ2n) is 8.58. The van der Waals surface area contributed by atoms with Gasteiger partial charge in [-0.25, -0.2) is 4.98 Å². The molecule has 0 unspecified atom stereocenters. The van der Waals surface area contributed by atoms with Crippen LogP contribution in [0, 0.1) is 0 Å². The van der Waals surface area contributed by atoms with E-state index in [9.17, 15) is 4.79 Å².